The van der Waals surface area contributed by atoms with Gasteiger partial charge in [-0.3, -0.25) is 4.79 Å². The van der Waals surface area contributed by atoms with Crippen LogP contribution < -0.4 is 5.32 Å². The van der Waals surface area contributed by atoms with Gasteiger partial charge in [0, 0.05) is 18.4 Å². The van der Waals surface area contributed by atoms with Gasteiger partial charge in [0.15, 0.2) is 0 Å². The molecule has 1 atom stereocenters. The number of carbonyl (C=O) groups is 1. The second-order valence-corrected chi connectivity index (χ2v) is 5.59. The van der Waals surface area contributed by atoms with Gasteiger partial charge < -0.3 is 5.32 Å². The Bertz CT molecular complexity index is 215. The van der Waals surface area contributed by atoms with Crippen molar-refractivity contribution >= 4 is 5.78 Å². The molecule has 1 fully saturated rings. The zero-order chi connectivity index (χ0) is 11.5. The predicted molar refractivity (Wildman–Crippen MR) is 63.8 cm³/mol. The summed E-state index contributed by atoms with van der Waals surface area (Å²) in [5.41, 5.74) is -0.0606. The quantitative estimate of drug-likeness (QED) is 0.757. The highest BCUT2D eigenvalue weighted by Gasteiger charge is 2.42. The standard InChI is InChI=1S/C13H25NO/c1-10(2)5-6-12(15)13(11(3)4)7-8-14-9-13/h10-11,14H,5-9H2,1-4H3. The first-order chi connectivity index (χ1) is 6.99. The van der Waals surface area contributed by atoms with Crippen LogP contribution in [0.3, 0.4) is 0 Å². The van der Waals surface area contributed by atoms with Crippen molar-refractivity contribution in [3.05, 3.63) is 0 Å². The van der Waals surface area contributed by atoms with Crippen LogP contribution in [-0.2, 0) is 4.79 Å². The lowest BCUT2D eigenvalue weighted by atomic mass is 9.71. The van der Waals surface area contributed by atoms with Crippen LogP contribution in [0, 0.1) is 17.3 Å². The Balaban J connectivity index is 2.60. The Morgan fingerprint density at radius 2 is 2.00 bits per heavy atom. The fourth-order valence-electron chi connectivity index (χ4n) is 2.43. The Hall–Kier alpha value is -0.370. The molecule has 1 heterocycles. The molecule has 1 unspecified atom stereocenters. The third kappa shape index (κ3) is 2.81. The summed E-state index contributed by atoms with van der Waals surface area (Å²) in [6.07, 6.45) is 2.83. The maximum Gasteiger partial charge on any atom is 0.140 e. The van der Waals surface area contributed by atoms with E-state index in [0.29, 0.717) is 17.6 Å². The van der Waals surface area contributed by atoms with E-state index in [1.807, 2.05) is 0 Å². The lowest BCUT2D eigenvalue weighted by Crippen LogP contribution is -2.38. The van der Waals surface area contributed by atoms with Crippen LogP contribution in [0.5, 0.6) is 0 Å². The molecular formula is C13H25NO. The molecule has 2 nitrogen and oxygen atoms in total. The SMILES string of the molecule is CC(C)CCC(=O)C1(C(C)C)CCNC1. The molecular weight excluding hydrogens is 186 g/mol. The van der Waals surface area contributed by atoms with Crippen LogP contribution in [0.25, 0.3) is 0 Å². The highest BCUT2D eigenvalue weighted by atomic mass is 16.1. The molecule has 0 aliphatic carbocycles. The van der Waals surface area contributed by atoms with Gasteiger partial charge >= 0.3 is 0 Å². The summed E-state index contributed by atoms with van der Waals surface area (Å²) in [4.78, 5) is 12.3. The number of nitrogens with one attached hydrogen (secondary N) is 1. The highest BCUT2D eigenvalue weighted by molar-refractivity contribution is 5.85. The first kappa shape index (κ1) is 12.7. The number of hydrogen-bond donors (Lipinski definition) is 1. The maximum atomic E-state index is 12.3. The molecule has 1 aliphatic rings. The molecule has 0 saturated carbocycles. The highest BCUT2D eigenvalue weighted by Crippen LogP contribution is 2.36. The minimum atomic E-state index is -0.0606. The van der Waals surface area contributed by atoms with Crippen LogP contribution in [0.15, 0.2) is 0 Å². The van der Waals surface area contributed by atoms with Crippen LogP contribution in [0.2, 0.25) is 0 Å². The zero-order valence-corrected chi connectivity index (χ0v) is 10.6. The van der Waals surface area contributed by atoms with Crippen molar-refractivity contribution in [3.8, 4) is 0 Å². The lowest BCUT2D eigenvalue weighted by Gasteiger charge is -2.31. The first-order valence-electron chi connectivity index (χ1n) is 6.23. The van der Waals surface area contributed by atoms with Gasteiger partial charge in [-0.15, -0.1) is 0 Å². The number of ketones is 1. The molecule has 1 N–H and O–H groups in total. The second kappa shape index (κ2) is 5.11. The summed E-state index contributed by atoms with van der Waals surface area (Å²) < 4.78 is 0. The van der Waals surface area contributed by atoms with Crippen molar-refractivity contribution in [2.45, 2.75) is 47.0 Å². The van der Waals surface area contributed by atoms with E-state index < -0.39 is 0 Å². The molecule has 0 aromatic heterocycles. The van der Waals surface area contributed by atoms with E-state index in [0.717, 1.165) is 32.4 Å². The van der Waals surface area contributed by atoms with Gasteiger partial charge in [-0.05, 0) is 31.2 Å². The summed E-state index contributed by atoms with van der Waals surface area (Å²) in [7, 11) is 0. The second-order valence-electron chi connectivity index (χ2n) is 5.59. The number of carbonyl (C=O) groups excluding carboxylic acids is 1. The molecule has 0 amide bonds. The largest absolute Gasteiger partial charge is 0.316 e. The Morgan fingerprint density at radius 3 is 2.40 bits per heavy atom. The van der Waals surface area contributed by atoms with Gasteiger partial charge in [0.05, 0.1) is 0 Å². The Morgan fingerprint density at radius 1 is 1.33 bits per heavy atom. The van der Waals surface area contributed by atoms with Crippen molar-refractivity contribution in [2.24, 2.45) is 17.3 Å². The molecule has 1 saturated heterocycles. The first-order valence-corrected chi connectivity index (χ1v) is 6.23. The van der Waals surface area contributed by atoms with E-state index in [9.17, 15) is 4.79 Å². The summed E-state index contributed by atoms with van der Waals surface area (Å²) in [5.74, 6) is 1.58. The van der Waals surface area contributed by atoms with E-state index in [1.165, 1.54) is 0 Å². The average molecular weight is 211 g/mol. The summed E-state index contributed by atoms with van der Waals surface area (Å²) in [6.45, 7) is 10.6. The third-order valence-corrected chi connectivity index (χ3v) is 3.80. The van der Waals surface area contributed by atoms with E-state index in [1.54, 1.807) is 0 Å². The minimum absolute atomic E-state index is 0.0606. The monoisotopic (exact) mass is 211 g/mol. The third-order valence-electron chi connectivity index (χ3n) is 3.80. The Kier molecular flexibility index (Phi) is 4.32. The molecule has 2 heteroatoms. The molecule has 88 valence electrons. The fraction of sp³-hybridized carbons (Fsp3) is 0.923. The zero-order valence-electron chi connectivity index (χ0n) is 10.6. The molecule has 1 aliphatic heterocycles. The molecule has 15 heavy (non-hydrogen) atoms. The van der Waals surface area contributed by atoms with Crippen molar-refractivity contribution in [1.29, 1.82) is 0 Å². The van der Waals surface area contributed by atoms with E-state index >= 15 is 0 Å². The van der Waals surface area contributed by atoms with Crippen molar-refractivity contribution < 1.29 is 4.79 Å². The van der Waals surface area contributed by atoms with E-state index in [2.05, 4.69) is 33.0 Å². The van der Waals surface area contributed by atoms with Gasteiger partial charge in [-0.25, -0.2) is 0 Å². The number of hydrogen-bond acceptors (Lipinski definition) is 2. The van der Waals surface area contributed by atoms with Crippen molar-refractivity contribution in [1.82, 2.24) is 5.32 Å². The topological polar surface area (TPSA) is 29.1 Å². The van der Waals surface area contributed by atoms with Crippen LogP contribution in [-0.4, -0.2) is 18.9 Å². The summed E-state index contributed by atoms with van der Waals surface area (Å²) in [6, 6.07) is 0. The molecule has 1 rings (SSSR count). The van der Waals surface area contributed by atoms with Gasteiger partial charge in [-0.1, -0.05) is 27.7 Å². The van der Waals surface area contributed by atoms with Crippen LogP contribution in [0.4, 0.5) is 0 Å². The van der Waals surface area contributed by atoms with Gasteiger partial charge in [0.1, 0.15) is 5.78 Å². The number of rotatable bonds is 5. The normalized spacial score (nSPS) is 26.5. The maximum absolute atomic E-state index is 12.3. The van der Waals surface area contributed by atoms with Gasteiger partial charge in [0.2, 0.25) is 0 Å². The fourth-order valence-corrected chi connectivity index (χ4v) is 2.43. The molecule has 0 spiro atoms. The average Bonchev–Trinajstić information content (AvgIpc) is 2.63. The lowest BCUT2D eigenvalue weighted by molar-refractivity contribution is -0.130. The van der Waals surface area contributed by atoms with Crippen molar-refractivity contribution in [3.63, 3.8) is 0 Å². The molecule has 0 aromatic carbocycles. The molecule has 0 aromatic rings. The summed E-state index contributed by atoms with van der Waals surface area (Å²) >= 11 is 0. The number of Topliss-reactive ketones (excluding diaryl/α,β-unsaturated/α-hetero) is 1. The van der Waals surface area contributed by atoms with Crippen LogP contribution >= 0.6 is 0 Å². The Labute approximate surface area is 93.8 Å². The molecule has 0 bridgehead atoms. The van der Waals surface area contributed by atoms with Crippen LogP contribution in [0.1, 0.15) is 47.0 Å². The smallest absolute Gasteiger partial charge is 0.140 e. The van der Waals surface area contributed by atoms with E-state index in [4.69, 9.17) is 0 Å². The molecule has 0 radical (unpaired) electrons. The minimum Gasteiger partial charge on any atom is -0.316 e. The predicted octanol–water partition coefficient (Wildman–Crippen LogP) is 2.63. The summed E-state index contributed by atoms with van der Waals surface area (Å²) in [5, 5.41) is 3.34. The van der Waals surface area contributed by atoms with Gasteiger partial charge in [-0.2, -0.15) is 0 Å². The van der Waals surface area contributed by atoms with Crippen molar-refractivity contribution in [2.75, 3.05) is 13.1 Å². The van der Waals surface area contributed by atoms with E-state index in [-0.39, 0.29) is 5.41 Å². The van der Waals surface area contributed by atoms with Gasteiger partial charge in [0.25, 0.3) is 0 Å².